The molecule has 2 aromatic heterocycles. The predicted octanol–water partition coefficient (Wildman–Crippen LogP) is 5.96. The van der Waals surface area contributed by atoms with Crippen LogP contribution in [0.15, 0.2) is 113 Å². The Morgan fingerprint density at radius 2 is 1.54 bits per heavy atom. The zero-order chi connectivity index (χ0) is 32.5. The van der Waals surface area contributed by atoms with Crippen LogP contribution in [-0.2, 0) is 34.4 Å². The van der Waals surface area contributed by atoms with Crippen molar-refractivity contribution < 1.29 is 27.0 Å². The summed E-state index contributed by atoms with van der Waals surface area (Å²) in [5.74, 6) is 0.746. The Morgan fingerprint density at radius 1 is 0.826 bits per heavy atom. The SMILES string of the molecule is COc1ccc(Cn2cc(-c3cc(CF)nc(S(=O)(=O)CCC(OCc4ccccc4)c4ccccc4)n3)ccc2=O)cc1OC. The molecule has 0 spiro atoms. The first-order valence-electron chi connectivity index (χ1n) is 14.6. The molecule has 0 aliphatic heterocycles. The van der Waals surface area contributed by atoms with Gasteiger partial charge in [-0.05, 0) is 47.4 Å². The van der Waals surface area contributed by atoms with Gasteiger partial charge < -0.3 is 18.8 Å². The van der Waals surface area contributed by atoms with Crippen molar-refractivity contribution in [1.82, 2.24) is 14.5 Å². The third-order valence-corrected chi connectivity index (χ3v) is 8.88. The van der Waals surface area contributed by atoms with E-state index in [9.17, 15) is 17.6 Å². The molecule has 0 saturated carbocycles. The number of aromatic nitrogens is 3. The third kappa shape index (κ3) is 8.04. The lowest BCUT2D eigenvalue weighted by molar-refractivity contribution is 0.0376. The highest BCUT2D eigenvalue weighted by molar-refractivity contribution is 7.91. The van der Waals surface area contributed by atoms with Crippen LogP contribution in [0.1, 0.15) is 34.9 Å². The number of benzene rings is 3. The van der Waals surface area contributed by atoms with Crippen molar-refractivity contribution in [3.63, 3.8) is 0 Å². The Hall–Kier alpha value is -4.87. The van der Waals surface area contributed by atoms with Gasteiger partial charge in [-0.3, -0.25) is 4.79 Å². The molecule has 0 aliphatic carbocycles. The van der Waals surface area contributed by atoms with Crippen molar-refractivity contribution in [2.45, 2.75) is 37.5 Å². The highest BCUT2D eigenvalue weighted by atomic mass is 32.2. The van der Waals surface area contributed by atoms with E-state index in [4.69, 9.17) is 14.2 Å². The minimum Gasteiger partial charge on any atom is -0.493 e. The topological polar surface area (TPSA) is 110 Å². The van der Waals surface area contributed by atoms with Gasteiger partial charge in [0.15, 0.2) is 11.5 Å². The van der Waals surface area contributed by atoms with Crippen LogP contribution in [0.4, 0.5) is 4.39 Å². The molecule has 0 radical (unpaired) electrons. The number of alkyl halides is 1. The summed E-state index contributed by atoms with van der Waals surface area (Å²) < 4.78 is 59.4. The monoisotopic (exact) mass is 643 g/mol. The molecule has 5 aromatic rings. The number of pyridine rings is 1. The van der Waals surface area contributed by atoms with E-state index in [0.29, 0.717) is 23.7 Å². The summed E-state index contributed by atoms with van der Waals surface area (Å²) in [6.07, 6.45) is 1.18. The quantitative estimate of drug-likeness (QED) is 0.136. The van der Waals surface area contributed by atoms with Gasteiger partial charge in [0.25, 0.3) is 5.56 Å². The van der Waals surface area contributed by atoms with E-state index in [1.54, 1.807) is 18.3 Å². The first-order chi connectivity index (χ1) is 22.3. The number of sulfone groups is 1. The minimum absolute atomic E-state index is 0.0823. The molecule has 1 atom stereocenters. The number of nitrogens with zero attached hydrogens (tertiary/aromatic N) is 3. The van der Waals surface area contributed by atoms with E-state index >= 15 is 0 Å². The normalized spacial score (nSPS) is 12.1. The maximum absolute atomic E-state index is 14.0. The standard InChI is InChI=1S/C35H34FN3O6S/c1-43-32-15-13-26(19-33(32)44-2)22-39-23-28(14-16-34(39)40)30-20-29(21-36)37-35(38-30)46(41,42)18-17-31(27-11-7-4-8-12-27)45-24-25-9-5-3-6-10-25/h3-16,19-20,23,31H,17-18,21-22,24H2,1-2H3. The van der Waals surface area contributed by atoms with Gasteiger partial charge in [-0.25, -0.2) is 22.8 Å². The first kappa shape index (κ1) is 32.5. The van der Waals surface area contributed by atoms with Crippen LogP contribution in [0.25, 0.3) is 11.3 Å². The fraction of sp³-hybridized carbons (Fsp3) is 0.229. The van der Waals surface area contributed by atoms with Crippen molar-refractivity contribution >= 4 is 9.84 Å². The van der Waals surface area contributed by atoms with Gasteiger partial charge in [-0.2, -0.15) is 0 Å². The van der Waals surface area contributed by atoms with Gasteiger partial charge >= 0.3 is 0 Å². The second kappa shape index (κ2) is 14.9. The summed E-state index contributed by atoms with van der Waals surface area (Å²) >= 11 is 0. The van der Waals surface area contributed by atoms with Crippen molar-refractivity contribution in [2.75, 3.05) is 20.0 Å². The van der Waals surface area contributed by atoms with E-state index < -0.39 is 27.8 Å². The fourth-order valence-electron chi connectivity index (χ4n) is 4.95. The molecule has 9 nitrogen and oxygen atoms in total. The van der Waals surface area contributed by atoms with E-state index in [2.05, 4.69) is 9.97 Å². The van der Waals surface area contributed by atoms with Crippen LogP contribution in [-0.4, -0.2) is 42.9 Å². The molecule has 0 saturated heterocycles. The second-order valence-corrected chi connectivity index (χ2v) is 12.5. The maximum Gasteiger partial charge on any atom is 0.250 e. The van der Waals surface area contributed by atoms with Crippen molar-refractivity contribution in [1.29, 1.82) is 0 Å². The lowest BCUT2D eigenvalue weighted by atomic mass is 10.1. The number of hydrogen-bond donors (Lipinski definition) is 0. The number of hydrogen-bond acceptors (Lipinski definition) is 8. The summed E-state index contributed by atoms with van der Waals surface area (Å²) in [5, 5.41) is -0.481. The minimum atomic E-state index is -4.05. The Balaban J connectivity index is 1.39. The fourth-order valence-corrected chi connectivity index (χ4v) is 6.15. The Bertz CT molecular complexity index is 1940. The molecule has 0 N–H and O–H groups in total. The summed E-state index contributed by atoms with van der Waals surface area (Å²) in [7, 11) is -0.992. The summed E-state index contributed by atoms with van der Waals surface area (Å²) in [6.45, 7) is -0.489. The molecule has 46 heavy (non-hydrogen) atoms. The molecule has 0 fully saturated rings. The number of halogens is 1. The maximum atomic E-state index is 14.0. The van der Waals surface area contributed by atoms with Crippen molar-refractivity contribution in [3.05, 3.63) is 136 Å². The van der Waals surface area contributed by atoms with Gasteiger partial charge in [0.05, 0.1) is 50.6 Å². The van der Waals surface area contributed by atoms with Gasteiger partial charge in [-0.15, -0.1) is 0 Å². The van der Waals surface area contributed by atoms with Gasteiger partial charge in [-0.1, -0.05) is 66.7 Å². The molecule has 11 heteroatoms. The molecule has 1 unspecified atom stereocenters. The molecule has 3 aromatic carbocycles. The molecule has 0 amide bonds. The second-order valence-electron chi connectivity index (χ2n) is 10.5. The Morgan fingerprint density at radius 3 is 2.24 bits per heavy atom. The van der Waals surface area contributed by atoms with Crippen LogP contribution in [0, 0.1) is 0 Å². The van der Waals surface area contributed by atoms with Crippen LogP contribution < -0.4 is 15.0 Å². The first-order valence-corrected chi connectivity index (χ1v) is 16.2. The lowest BCUT2D eigenvalue weighted by Crippen LogP contribution is -2.19. The van der Waals surface area contributed by atoms with Crippen molar-refractivity contribution in [3.8, 4) is 22.8 Å². The number of ether oxygens (including phenoxy) is 3. The molecule has 0 aliphatic rings. The molecule has 2 heterocycles. The average Bonchev–Trinajstić information content (AvgIpc) is 3.09. The van der Waals surface area contributed by atoms with Crippen molar-refractivity contribution in [2.24, 2.45) is 0 Å². The van der Waals surface area contributed by atoms with Gasteiger partial charge in [0, 0.05) is 17.8 Å². The molecule has 0 bridgehead atoms. The average molecular weight is 644 g/mol. The van der Waals surface area contributed by atoms with E-state index in [1.165, 1.54) is 37.0 Å². The smallest absolute Gasteiger partial charge is 0.250 e. The predicted molar refractivity (Wildman–Crippen MR) is 172 cm³/mol. The van der Waals surface area contributed by atoms with Crippen LogP contribution in [0.5, 0.6) is 11.5 Å². The van der Waals surface area contributed by atoms with E-state index in [0.717, 1.165) is 16.7 Å². The highest BCUT2D eigenvalue weighted by Gasteiger charge is 2.24. The van der Waals surface area contributed by atoms with Crippen LogP contribution in [0.2, 0.25) is 0 Å². The molecule has 5 rings (SSSR count). The van der Waals surface area contributed by atoms with Crippen LogP contribution in [0.3, 0.4) is 0 Å². The summed E-state index contributed by atoms with van der Waals surface area (Å²) in [6, 6.07) is 28.6. The zero-order valence-electron chi connectivity index (χ0n) is 25.5. The molecule has 238 valence electrons. The largest absolute Gasteiger partial charge is 0.493 e. The number of methoxy groups -OCH3 is 2. The molecular weight excluding hydrogens is 609 g/mol. The summed E-state index contributed by atoms with van der Waals surface area (Å²) in [5.41, 5.74) is 2.82. The molecular formula is C35H34FN3O6S. The zero-order valence-corrected chi connectivity index (χ0v) is 26.3. The van der Waals surface area contributed by atoms with Crippen LogP contribution >= 0.6 is 0 Å². The van der Waals surface area contributed by atoms with E-state index in [1.807, 2.05) is 66.7 Å². The summed E-state index contributed by atoms with van der Waals surface area (Å²) in [4.78, 5) is 21.1. The number of rotatable bonds is 14. The highest BCUT2D eigenvalue weighted by Crippen LogP contribution is 2.29. The van der Waals surface area contributed by atoms with Gasteiger partial charge in [0.1, 0.15) is 6.67 Å². The third-order valence-electron chi connectivity index (χ3n) is 7.37. The Kier molecular flexibility index (Phi) is 10.6. The Labute approximate surface area is 267 Å². The lowest BCUT2D eigenvalue weighted by Gasteiger charge is -2.19. The van der Waals surface area contributed by atoms with Gasteiger partial charge in [0.2, 0.25) is 15.0 Å². The van der Waals surface area contributed by atoms with E-state index in [-0.39, 0.29) is 35.7 Å².